The molecule has 3 aliphatic rings. The summed E-state index contributed by atoms with van der Waals surface area (Å²) in [6.45, 7) is 0.178. The van der Waals surface area contributed by atoms with E-state index in [0.29, 0.717) is 11.1 Å². The van der Waals surface area contributed by atoms with Gasteiger partial charge in [-0.1, -0.05) is 66.7 Å². The first kappa shape index (κ1) is 47.0. The van der Waals surface area contributed by atoms with Crippen molar-refractivity contribution in [3.8, 4) is 0 Å². The molecule has 6 aromatic rings. The van der Waals surface area contributed by atoms with Crippen LogP contribution in [0.2, 0.25) is 0 Å². The van der Waals surface area contributed by atoms with E-state index in [-0.39, 0.29) is 70.5 Å². The summed E-state index contributed by atoms with van der Waals surface area (Å²) >= 11 is 0. The highest BCUT2D eigenvalue weighted by Crippen LogP contribution is 2.29. The second kappa shape index (κ2) is 20.7. The number of fused-ring (bicyclic) bond motifs is 5. The summed E-state index contributed by atoms with van der Waals surface area (Å²) in [6, 6.07) is 18.2. The average molecular weight is 948 g/mol. The van der Waals surface area contributed by atoms with Crippen LogP contribution in [0.15, 0.2) is 115 Å². The van der Waals surface area contributed by atoms with Crippen molar-refractivity contribution >= 4 is 63.2 Å². The first-order valence-corrected chi connectivity index (χ1v) is 23.6. The highest BCUT2D eigenvalue weighted by Gasteiger charge is 2.46. The van der Waals surface area contributed by atoms with Gasteiger partial charge in [-0.05, 0) is 65.3 Å². The third kappa shape index (κ3) is 10.3. The Hall–Kier alpha value is -8.06. The maximum absolute atomic E-state index is 15.2. The van der Waals surface area contributed by atoms with E-state index in [4.69, 9.17) is 17.2 Å². The number of rotatable bonds is 10. The van der Waals surface area contributed by atoms with Crippen molar-refractivity contribution in [2.24, 2.45) is 22.2 Å². The zero-order chi connectivity index (χ0) is 48.9. The van der Waals surface area contributed by atoms with Crippen LogP contribution in [0.25, 0.3) is 21.8 Å². The molecule has 0 aliphatic carbocycles. The molecule has 12 N–H and O–H groups in total. The van der Waals surface area contributed by atoms with Gasteiger partial charge in [0, 0.05) is 98.0 Å². The molecule has 9 rings (SSSR count). The largest absolute Gasteiger partial charge is 0.370 e. The molecule has 3 aromatic carbocycles. The number of para-hydroxylation sites is 2. The number of carbonyl (C=O) groups is 6. The van der Waals surface area contributed by atoms with Crippen molar-refractivity contribution in [3.05, 3.63) is 138 Å². The normalized spacial score (nSPS) is 23.6. The zero-order valence-corrected chi connectivity index (χ0v) is 38.5. The fourth-order valence-corrected chi connectivity index (χ4v) is 10.00. The third-order valence-corrected chi connectivity index (χ3v) is 13.6. The highest BCUT2D eigenvalue weighted by atomic mass is 16.2. The number of carbonyl (C=O) groups excluding carboxylic acids is 6. The molecular weight excluding hydrogens is 891 g/mol. The maximum atomic E-state index is 15.2. The minimum absolute atomic E-state index is 0.00477. The Balaban J connectivity index is 1.14. The number of amides is 6. The van der Waals surface area contributed by atoms with Gasteiger partial charge in [-0.3, -0.25) is 38.7 Å². The van der Waals surface area contributed by atoms with Gasteiger partial charge in [-0.15, -0.1) is 0 Å². The Kier molecular flexibility index (Phi) is 13.9. The van der Waals surface area contributed by atoms with Crippen LogP contribution in [0.4, 0.5) is 0 Å². The number of guanidine groups is 1. The van der Waals surface area contributed by atoms with Gasteiger partial charge in [0.25, 0.3) is 0 Å². The summed E-state index contributed by atoms with van der Waals surface area (Å²) in [5.41, 5.74) is 23.2. The fourth-order valence-electron chi connectivity index (χ4n) is 10.00. The van der Waals surface area contributed by atoms with Gasteiger partial charge >= 0.3 is 0 Å². The van der Waals surface area contributed by atoms with Crippen LogP contribution < -0.4 is 38.5 Å². The summed E-state index contributed by atoms with van der Waals surface area (Å²) < 4.78 is 0. The molecule has 0 saturated carbocycles. The molecule has 7 atom stereocenters. The minimum Gasteiger partial charge on any atom is -0.370 e. The standard InChI is InChI=1S/C51H57N13O6/c52-34-23-44-50(70)63-27-31-11-2-1-10-30(31)22-43(63)48(68)62-42(21-33-26-58-38-15-6-4-13-36(33)38)47(67)60-40(19-29-9-7-17-55-24-29)45(65)61-41(20-32-25-57-37-14-5-3-12-35(32)37)46(66)59-39(49(69)64(44)28-34)16-8-18-56-51(53)54/h1-7,9-15,17,24-26,34,39-44,57-58H,8,16,18-23,27-28,52H2,(H,59,66)(H,60,67)(H,61,65)(H,62,68)(H4,53,54,56)/t34-,39-,40+,41-,42-,43-,44+/m0/s1. The number of nitrogens with two attached hydrogens (primary N) is 3. The van der Waals surface area contributed by atoms with Crippen LogP contribution >= 0.6 is 0 Å². The lowest BCUT2D eigenvalue weighted by atomic mass is 9.92. The number of nitrogens with one attached hydrogen (secondary N) is 6. The molecule has 70 heavy (non-hydrogen) atoms. The number of pyridine rings is 1. The van der Waals surface area contributed by atoms with Crippen LogP contribution in [0.1, 0.15) is 47.1 Å². The molecule has 362 valence electrons. The Labute approximate surface area is 403 Å². The predicted octanol–water partition coefficient (Wildman–Crippen LogP) is 0.960. The van der Waals surface area contributed by atoms with Gasteiger partial charge in [-0.25, -0.2) is 0 Å². The van der Waals surface area contributed by atoms with Crippen molar-refractivity contribution in [2.75, 3.05) is 13.1 Å². The Morgan fingerprint density at radius 3 is 1.81 bits per heavy atom. The SMILES string of the molecule is NC(N)=NCCC[C@@H]1NC(=O)[C@H](Cc2c[nH]c3ccccc23)NC(=O)[C@@H](Cc2cccnc2)NC(=O)[C@H](Cc2c[nH]c3ccccc23)NC(=O)[C@@H]2Cc3ccccc3CN2C(=O)[C@H]2C[C@H](N)CN2C1=O. The van der Waals surface area contributed by atoms with Crippen molar-refractivity contribution in [2.45, 2.75) is 93.8 Å². The highest BCUT2D eigenvalue weighted by molar-refractivity contribution is 5.99. The molecule has 6 heterocycles. The second-order valence-corrected chi connectivity index (χ2v) is 18.3. The van der Waals surface area contributed by atoms with E-state index in [1.165, 1.54) is 9.80 Å². The molecule has 2 fully saturated rings. The van der Waals surface area contributed by atoms with Crippen LogP contribution in [0.5, 0.6) is 0 Å². The van der Waals surface area contributed by atoms with E-state index in [0.717, 1.165) is 38.5 Å². The van der Waals surface area contributed by atoms with Gasteiger partial charge in [0.1, 0.15) is 36.3 Å². The molecular formula is C51H57N13O6. The van der Waals surface area contributed by atoms with Crippen LogP contribution in [-0.2, 0) is 61.0 Å². The monoisotopic (exact) mass is 947 g/mol. The molecule has 3 aromatic heterocycles. The lowest BCUT2D eigenvalue weighted by molar-refractivity contribution is -0.150. The van der Waals surface area contributed by atoms with Crippen molar-refractivity contribution in [1.29, 1.82) is 0 Å². The average Bonchev–Trinajstić information content (AvgIpc) is 4.09. The molecule has 0 radical (unpaired) electrons. The quantitative estimate of drug-likeness (QED) is 0.0533. The van der Waals surface area contributed by atoms with E-state index in [2.05, 4.69) is 41.2 Å². The number of H-pyrrole nitrogens is 2. The van der Waals surface area contributed by atoms with E-state index in [9.17, 15) is 14.4 Å². The lowest BCUT2D eigenvalue weighted by Gasteiger charge is -2.40. The fraction of sp³-hybridized carbons (Fsp3) is 0.333. The first-order valence-electron chi connectivity index (χ1n) is 23.6. The molecule has 19 heteroatoms. The summed E-state index contributed by atoms with van der Waals surface area (Å²) in [6.07, 6.45) is 7.19. The topological polar surface area (TPSA) is 292 Å². The Bertz CT molecular complexity index is 2950. The summed E-state index contributed by atoms with van der Waals surface area (Å²) in [5.74, 6) is -3.86. The number of nitrogens with zero attached hydrogens (tertiary/aromatic N) is 4. The first-order chi connectivity index (χ1) is 33.9. The Morgan fingerprint density at radius 2 is 1.20 bits per heavy atom. The molecule has 3 aliphatic heterocycles. The number of hydrogen-bond donors (Lipinski definition) is 9. The molecule has 2 saturated heterocycles. The van der Waals surface area contributed by atoms with Crippen LogP contribution in [0, 0.1) is 0 Å². The van der Waals surface area contributed by atoms with Crippen molar-refractivity contribution < 1.29 is 28.8 Å². The van der Waals surface area contributed by atoms with Gasteiger partial charge in [0.05, 0.1) is 0 Å². The van der Waals surface area contributed by atoms with E-state index >= 15 is 14.4 Å². The van der Waals surface area contributed by atoms with Gasteiger partial charge < -0.3 is 58.2 Å². The van der Waals surface area contributed by atoms with Gasteiger partial charge in [0.15, 0.2) is 5.96 Å². The van der Waals surface area contributed by atoms with E-state index in [1.54, 1.807) is 36.9 Å². The molecule has 0 bridgehead atoms. The van der Waals surface area contributed by atoms with Crippen LogP contribution in [-0.4, -0.2) is 122 Å². The van der Waals surface area contributed by atoms with Gasteiger partial charge in [-0.2, -0.15) is 0 Å². The zero-order valence-electron chi connectivity index (χ0n) is 38.5. The van der Waals surface area contributed by atoms with Gasteiger partial charge in [0.2, 0.25) is 35.4 Å². The number of aliphatic imine (C=N–C) groups is 1. The lowest BCUT2D eigenvalue weighted by Crippen LogP contribution is -2.63. The number of aromatic nitrogens is 3. The molecule has 0 unspecified atom stereocenters. The smallest absolute Gasteiger partial charge is 0.246 e. The summed E-state index contributed by atoms with van der Waals surface area (Å²) in [5, 5.41) is 13.5. The second-order valence-electron chi connectivity index (χ2n) is 18.3. The molecule has 19 nitrogen and oxygen atoms in total. The minimum atomic E-state index is -1.29. The van der Waals surface area contributed by atoms with E-state index < -0.39 is 77.7 Å². The van der Waals surface area contributed by atoms with Crippen LogP contribution in [0.3, 0.4) is 0 Å². The number of benzene rings is 3. The third-order valence-electron chi connectivity index (χ3n) is 13.6. The molecule has 0 spiro atoms. The van der Waals surface area contributed by atoms with Crippen molar-refractivity contribution in [1.82, 2.24) is 46.0 Å². The van der Waals surface area contributed by atoms with Crippen molar-refractivity contribution in [3.63, 3.8) is 0 Å². The number of aromatic amines is 2. The Morgan fingerprint density at radius 1 is 0.629 bits per heavy atom. The maximum Gasteiger partial charge on any atom is 0.246 e. The molecule has 6 amide bonds. The predicted molar refractivity (Wildman–Crippen MR) is 262 cm³/mol. The summed E-state index contributed by atoms with van der Waals surface area (Å²) in [7, 11) is 0. The summed E-state index contributed by atoms with van der Waals surface area (Å²) in [4.78, 5) is 108. The van der Waals surface area contributed by atoms with E-state index in [1.807, 2.05) is 72.8 Å². The number of hydrogen-bond acceptors (Lipinski definition) is 9.